The second-order valence-electron chi connectivity index (χ2n) is 7.26. The van der Waals surface area contributed by atoms with E-state index in [-0.39, 0.29) is 35.9 Å². The molecule has 9 heteroatoms. The first kappa shape index (κ1) is 21.1. The molecule has 1 unspecified atom stereocenters. The molecule has 0 spiro atoms. The minimum Gasteiger partial charge on any atom is -0.377 e. The number of carbonyl (C=O) groups excluding carboxylic acids is 1. The van der Waals surface area contributed by atoms with Crippen LogP contribution in [0.3, 0.4) is 0 Å². The average Bonchev–Trinajstić information content (AvgIpc) is 2.70. The van der Waals surface area contributed by atoms with E-state index < -0.39 is 21.7 Å². The standard InChI is InChI=1S/C19H26F2N2O4S/c1-2-27-15-4-3-9-22(13-15)19(24)14-7-10-23(11-8-14)28(25,26)16-5-6-17(20)18(21)12-16/h5-6,12,14-15H,2-4,7-11,13H2,1H3. The maximum absolute atomic E-state index is 13.4. The van der Waals surface area contributed by atoms with E-state index in [9.17, 15) is 22.0 Å². The molecule has 1 aromatic carbocycles. The number of ether oxygens (including phenoxy) is 1. The van der Waals surface area contributed by atoms with Crippen LogP contribution >= 0.6 is 0 Å². The van der Waals surface area contributed by atoms with Crippen molar-refractivity contribution in [1.82, 2.24) is 9.21 Å². The molecular weight excluding hydrogens is 390 g/mol. The predicted octanol–water partition coefficient (Wildman–Crippen LogP) is 2.39. The first-order valence-corrected chi connectivity index (χ1v) is 11.1. The Morgan fingerprint density at radius 1 is 1.14 bits per heavy atom. The first-order valence-electron chi connectivity index (χ1n) is 9.68. The van der Waals surface area contributed by atoms with Gasteiger partial charge < -0.3 is 9.64 Å². The molecule has 2 aliphatic heterocycles. The third kappa shape index (κ3) is 4.52. The van der Waals surface area contributed by atoms with Gasteiger partial charge in [-0.15, -0.1) is 0 Å². The van der Waals surface area contributed by atoms with Gasteiger partial charge in [-0.3, -0.25) is 4.79 Å². The number of nitrogens with zero attached hydrogens (tertiary/aromatic N) is 2. The lowest BCUT2D eigenvalue weighted by atomic mass is 9.95. The van der Waals surface area contributed by atoms with Gasteiger partial charge in [-0.25, -0.2) is 17.2 Å². The quantitative estimate of drug-likeness (QED) is 0.739. The number of rotatable bonds is 5. The lowest BCUT2D eigenvalue weighted by molar-refractivity contribution is -0.140. The Balaban J connectivity index is 1.60. The van der Waals surface area contributed by atoms with E-state index >= 15 is 0 Å². The van der Waals surface area contributed by atoms with Crippen molar-refractivity contribution in [2.24, 2.45) is 5.92 Å². The summed E-state index contributed by atoms with van der Waals surface area (Å²) in [5.74, 6) is -2.46. The number of benzene rings is 1. The van der Waals surface area contributed by atoms with Gasteiger partial charge in [0.25, 0.3) is 0 Å². The maximum Gasteiger partial charge on any atom is 0.243 e. The Bertz CT molecular complexity index is 808. The molecule has 3 rings (SSSR count). The SMILES string of the molecule is CCOC1CCCN(C(=O)C2CCN(S(=O)(=O)c3ccc(F)c(F)c3)CC2)C1. The number of halogens is 2. The number of piperidine rings is 2. The molecule has 2 aliphatic rings. The van der Waals surface area contributed by atoms with Crippen LogP contribution in [0.15, 0.2) is 23.1 Å². The van der Waals surface area contributed by atoms with Gasteiger partial charge in [-0.1, -0.05) is 0 Å². The summed E-state index contributed by atoms with van der Waals surface area (Å²) >= 11 is 0. The second-order valence-corrected chi connectivity index (χ2v) is 9.20. The lowest BCUT2D eigenvalue weighted by Gasteiger charge is -2.37. The third-order valence-corrected chi connectivity index (χ3v) is 7.32. The van der Waals surface area contributed by atoms with E-state index in [2.05, 4.69) is 0 Å². The van der Waals surface area contributed by atoms with E-state index in [0.717, 1.165) is 25.0 Å². The van der Waals surface area contributed by atoms with Crippen LogP contribution in [0.4, 0.5) is 8.78 Å². The monoisotopic (exact) mass is 416 g/mol. The minimum atomic E-state index is -3.91. The van der Waals surface area contributed by atoms with Gasteiger partial charge in [0.05, 0.1) is 11.0 Å². The molecule has 1 aromatic rings. The highest BCUT2D eigenvalue weighted by atomic mass is 32.2. The Morgan fingerprint density at radius 3 is 2.50 bits per heavy atom. The van der Waals surface area contributed by atoms with Crippen LogP contribution in [0.25, 0.3) is 0 Å². The van der Waals surface area contributed by atoms with Crippen LogP contribution in [0.2, 0.25) is 0 Å². The zero-order valence-electron chi connectivity index (χ0n) is 15.9. The molecule has 0 saturated carbocycles. The van der Waals surface area contributed by atoms with Crippen LogP contribution in [0, 0.1) is 17.6 Å². The van der Waals surface area contributed by atoms with Crippen molar-refractivity contribution in [3.63, 3.8) is 0 Å². The number of amides is 1. The van der Waals surface area contributed by atoms with Crippen LogP contribution < -0.4 is 0 Å². The summed E-state index contributed by atoms with van der Waals surface area (Å²) in [6, 6.07) is 2.57. The predicted molar refractivity (Wildman–Crippen MR) is 99.1 cm³/mol. The second kappa shape index (κ2) is 8.84. The van der Waals surface area contributed by atoms with E-state index in [1.165, 1.54) is 4.31 Å². The largest absolute Gasteiger partial charge is 0.377 e. The van der Waals surface area contributed by atoms with Crippen molar-refractivity contribution < 1.29 is 26.7 Å². The summed E-state index contributed by atoms with van der Waals surface area (Å²) in [4.78, 5) is 14.4. The molecule has 156 valence electrons. The normalized spacial score (nSPS) is 22.4. The van der Waals surface area contributed by atoms with Gasteiger partial charge in [0.15, 0.2) is 11.6 Å². The van der Waals surface area contributed by atoms with E-state index in [1.54, 1.807) is 0 Å². The molecular formula is C19H26F2N2O4S. The van der Waals surface area contributed by atoms with Crippen molar-refractivity contribution >= 4 is 15.9 Å². The molecule has 0 radical (unpaired) electrons. The fourth-order valence-corrected chi connectivity index (χ4v) is 5.38. The van der Waals surface area contributed by atoms with Crippen molar-refractivity contribution in [2.45, 2.75) is 43.6 Å². The molecule has 0 bridgehead atoms. The highest BCUT2D eigenvalue weighted by molar-refractivity contribution is 7.89. The topological polar surface area (TPSA) is 66.9 Å². The molecule has 0 aliphatic carbocycles. The highest BCUT2D eigenvalue weighted by Gasteiger charge is 2.35. The minimum absolute atomic E-state index is 0.0503. The summed E-state index contributed by atoms with van der Waals surface area (Å²) in [6.07, 6.45) is 2.74. The van der Waals surface area contributed by atoms with Crippen LogP contribution in [-0.4, -0.2) is 62.4 Å². The van der Waals surface area contributed by atoms with Gasteiger partial charge in [-0.2, -0.15) is 4.31 Å². The summed E-state index contributed by atoms with van der Waals surface area (Å²) in [6.45, 7) is 4.20. The summed E-state index contributed by atoms with van der Waals surface area (Å²) in [7, 11) is -3.91. The summed E-state index contributed by atoms with van der Waals surface area (Å²) in [5.41, 5.74) is 0. The molecule has 2 saturated heterocycles. The fraction of sp³-hybridized carbons (Fsp3) is 0.632. The Labute approximate surface area is 164 Å². The van der Waals surface area contributed by atoms with Gasteiger partial charge in [0, 0.05) is 38.7 Å². The van der Waals surface area contributed by atoms with Crippen LogP contribution in [0.1, 0.15) is 32.6 Å². The molecule has 28 heavy (non-hydrogen) atoms. The van der Waals surface area contributed by atoms with Crippen LogP contribution in [0.5, 0.6) is 0 Å². The Kier molecular flexibility index (Phi) is 6.67. The van der Waals surface area contributed by atoms with Crippen molar-refractivity contribution in [2.75, 3.05) is 32.8 Å². The molecule has 2 heterocycles. The smallest absolute Gasteiger partial charge is 0.243 e. The highest BCUT2D eigenvalue weighted by Crippen LogP contribution is 2.27. The fourth-order valence-electron chi connectivity index (χ4n) is 3.90. The summed E-state index contributed by atoms with van der Waals surface area (Å²) < 4.78 is 58.7. The maximum atomic E-state index is 13.4. The number of hydrogen-bond acceptors (Lipinski definition) is 4. The van der Waals surface area contributed by atoms with E-state index in [0.29, 0.717) is 38.6 Å². The molecule has 1 amide bonds. The zero-order chi connectivity index (χ0) is 20.3. The molecule has 6 nitrogen and oxygen atoms in total. The molecule has 1 atom stereocenters. The number of hydrogen-bond donors (Lipinski definition) is 0. The molecule has 0 N–H and O–H groups in total. The first-order chi connectivity index (χ1) is 13.3. The van der Waals surface area contributed by atoms with Crippen molar-refractivity contribution in [3.05, 3.63) is 29.8 Å². The average molecular weight is 416 g/mol. The van der Waals surface area contributed by atoms with Gasteiger partial charge in [0.1, 0.15) is 0 Å². The van der Waals surface area contributed by atoms with Gasteiger partial charge in [0.2, 0.25) is 15.9 Å². The lowest BCUT2D eigenvalue weighted by Crippen LogP contribution is -2.48. The number of likely N-dealkylation sites (tertiary alicyclic amines) is 1. The summed E-state index contributed by atoms with van der Waals surface area (Å²) in [5, 5.41) is 0. The van der Waals surface area contributed by atoms with Crippen LogP contribution in [-0.2, 0) is 19.6 Å². The van der Waals surface area contributed by atoms with E-state index in [1.807, 2.05) is 11.8 Å². The van der Waals surface area contributed by atoms with Gasteiger partial charge >= 0.3 is 0 Å². The number of carbonyl (C=O) groups is 1. The zero-order valence-corrected chi connectivity index (χ0v) is 16.8. The number of sulfonamides is 1. The van der Waals surface area contributed by atoms with Crippen molar-refractivity contribution in [1.29, 1.82) is 0 Å². The Morgan fingerprint density at radius 2 is 1.86 bits per heavy atom. The van der Waals surface area contributed by atoms with Gasteiger partial charge in [-0.05, 0) is 50.8 Å². The molecule has 0 aromatic heterocycles. The Hall–Kier alpha value is -1.58. The molecule has 2 fully saturated rings. The third-order valence-electron chi connectivity index (χ3n) is 5.42. The van der Waals surface area contributed by atoms with Crippen molar-refractivity contribution in [3.8, 4) is 0 Å². The van der Waals surface area contributed by atoms with E-state index in [4.69, 9.17) is 4.74 Å².